The molecule has 1 aliphatic heterocycles. The molecule has 1 saturated heterocycles. The monoisotopic (exact) mass is 362 g/mol. The van der Waals surface area contributed by atoms with Gasteiger partial charge in [0.2, 0.25) is 0 Å². The highest BCUT2D eigenvalue weighted by Crippen LogP contribution is 2.22. The molecule has 0 aromatic heterocycles. The fourth-order valence-corrected chi connectivity index (χ4v) is 3.94. The first-order valence-electron chi connectivity index (χ1n) is 10.1. The van der Waals surface area contributed by atoms with Gasteiger partial charge < -0.3 is 19.6 Å². The third-order valence-corrected chi connectivity index (χ3v) is 5.50. The van der Waals surface area contributed by atoms with Gasteiger partial charge in [-0.25, -0.2) is 0 Å². The fourth-order valence-electron chi connectivity index (χ4n) is 3.94. The lowest BCUT2D eigenvalue weighted by atomic mass is 9.92. The lowest BCUT2D eigenvalue weighted by molar-refractivity contribution is 0.0800. The van der Waals surface area contributed by atoms with Crippen LogP contribution in [0, 0.1) is 11.3 Å². The van der Waals surface area contributed by atoms with Crippen LogP contribution in [0.1, 0.15) is 39.2 Å². The van der Waals surface area contributed by atoms with Gasteiger partial charge in [-0.2, -0.15) is 0 Å². The normalized spacial score (nSPS) is 19.1. The van der Waals surface area contributed by atoms with Crippen molar-refractivity contribution in [3.8, 4) is 5.75 Å². The van der Waals surface area contributed by atoms with Crippen molar-refractivity contribution in [1.29, 1.82) is 0 Å². The fraction of sp³-hybridized carbons (Fsp3) is 0.727. The van der Waals surface area contributed by atoms with Gasteiger partial charge in [0.05, 0.1) is 7.11 Å². The average molecular weight is 363 g/mol. The summed E-state index contributed by atoms with van der Waals surface area (Å²) in [7, 11) is 1.73. The van der Waals surface area contributed by atoms with E-state index >= 15 is 0 Å². The predicted molar refractivity (Wildman–Crippen MR) is 109 cm³/mol. The summed E-state index contributed by atoms with van der Waals surface area (Å²) in [5.41, 5.74) is 1.34. The Bertz CT molecular complexity index is 533. The smallest absolute Gasteiger partial charge is 0.119 e. The number of nitrogens with zero attached hydrogens (tertiary/aromatic N) is 2. The van der Waals surface area contributed by atoms with Crippen molar-refractivity contribution in [2.24, 2.45) is 11.3 Å². The maximum Gasteiger partial charge on any atom is 0.119 e. The number of methoxy groups -OCH3 is 1. The molecule has 4 heteroatoms. The number of aliphatic hydroxyl groups excluding tert-OH is 1. The molecule has 148 valence electrons. The van der Waals surface area contributed by atoms with E-state index < -0.39 is 0 Å². The van der Waals surface area contributed by atoms with Crippen LogP contribution in [0.3, 0.4) is 0 Å². The van der Waals surface area contributed by atoms with E-state index in [2.05, 4.69) is 48.8 Å². The number of rotatable bonds is 10. The van der Waals surface area contributed by atoms with Crippen LogP contribution in [-0.4, -0.2) is 67.9 Å². The minimum Gasteiger partial charge on any atom is -0.497 e. The van der Waals surface area contributed by atoms with E-state index in [4.69, 9.17) is 4.74 Å². The highest BCUT2D eigenvalue weighted by Gasteiger charge is 2.25. The summed E-state index contributed by atoms with van der Waals surface area (Å²) in [5, 5.41) is 9.56. The number of hydrogen-bond acceptors (Lipinski definition) is 4. The Kier molecular flexibility index (Phi) is 8.39. The van der Waals surface area contributed by atoms with Crippen molar-refractivity contribution >= 4 is 0 Å². The van der Waals surface area contributed by atoms with Gasteiger partial charge in [0, 0.05) is 38.2 Å². The van der Waals surface area contributed by atoms with E-state index in [1.807, 2.05) is 6.07 Å². The molecule has 0 unspecified atom stereocenters. The van der Waals surface area contributed by atoms with Crippen molar-refractivity contribution < 1.29 is 9.84 Å². The highest BCUT2D eigenvalue weighted by atomic mass is 16.5. The van der Waals surface area contributed by atoms with Crippen LogP contribution in [-0.2, 0) is 6.42 Å². The second-order valence-electron chi connectivity index (χ2n) is 8.56. The molecule has 2 rings (SSSR count). The molecule has 26 heavy (non-hydrogen) atoms. The van der Waals surface area contributed by atoms with Gasteiger partial charge in [0.15, 0.2) is 0 Å². The van der Waals surface area contributed by atoms with E-state index in [1.165, 1.54) is 31.5 Å². The van der Waals surface area contributed by atoms with Crippen LogP contribution in [0.2, 0.25) is 0 Å². The molecule has 1 aromatic rings. The molecule has 0 bridgehead atoms. The third-order valence-electron chi connectivity index (χ3n) is 5.50. The zero-order valence-electron chi connectivity index (χ0n) is 17.2. The van der Waals surface area contributed by atoms with Gasteiger partial charge in [0.25, 0.3) is 0 Å². The number of ether oxygens (including phenoxy) is 1. The molecule has 4 nitrogen and oxygen atoms in total. The SMILES string of the molecule is CCN(C[C@H]1CCCN(CCc2cccc(OC)c2)C1)CC(C)(C)CO. The minimum absolute atomic E-state index is 0.0171. The van der Waals surface area contributed by atoms with Crippen LogP contribution in [0.4, 0.5) is 0 Å². The standard InChI is InChI=1S/C22H38N2O2/c1-5-23(17-22(2,3)18-25)15-20-9-7-12-24(16-20)13-11-19-8-6-10-21(14-19)26-4/h6,8,10,14,20,25H,5,7,9,11-13,15-18H2,1-4H3/t20-/m1/s1. The number of aliphatic hydroxyl groups is 1. The van der Waals surface area contributed by atoms with E-state index in [0.717, 1.165) is 44.3 Å². The third kappa shape index (κ3) is 6.90. The summed E-state index contributed by atoms with van der Waals surface area (Å²) < 4.78 is 5.33. The number of hydrogen-bond donors (Lipinski definition) is 1. The summed E-state index contributed by atoms with van der Waals surface area (Å²) in [6, 6.07) is 8.43. The molecule has 0 spiro atoms. The summed E-state index contributed by atoms with van der Waals surface area (Å²) in [5.74, 6) is 1.69. The zero-order chi connectivity index (χ0) is 19.0. The molecular formula is C22H38N2O2. The molecular weight excluding hydrogens is 324 g/mol. The Morgan fingerprint density at radius 2 is 2.15 bits per heavy atom. The molecule has 1 N–H and O–H groups in total. The van der Waals surface area contributed by atoms with E-state index in [0.29, 0.717) is 0 Å². The molecule has 1 fully saturated rings. The molecule has 0 saturated carbocycles. The molecule has 1 aromatic carbocycles. The van der Waals surface area contributed by atoms with Crippen molar-refractivity contribution in [2.75, 3.05) is 53.0 Å². The maximum atomic E-state index is 9.56. The molecule has 1 atom stereocenters. The first-order valence-corrected chi connectivity index (χ1v) is 10.1. The summed E-state index contributed by atoms with van der Waals surface area (Å²) in [4.78, 5) is 5.14. The highest BCUT2D eigenvalue weighted by molar-refractivity contribution is 5.28. The number of likely N-dealkylation sites (tertiary alicyclic amines) is 1. The molecule has 0 radical (unpaired) electrons. The van der Waals surface area contributed by atoms with Crippen molar-refractivity contribution in [3.63, 3.8) is 0 Å². The average Bonchev–Trinajstić information content (AvgIpc) is 2.66. The maximum absolute atomic E-state index is 9.56. The predicted octanol–water partition coefficient (Wildman–Crippen LogP) is 3.29. The van der Waals surface area contributed by atoms with Crippen LogP contribution in [0.15, 0.2) is 24.3 Å². The minimum atomic E-state index is -0.0171. The molecule has 0 aliphatic carbocycles. The lowest BCUT2D eigenvalue weighted by Crippen LogP contribution is -2.44. The number of benzene rings is 1. The summed E-state index contributed by atoms with van der Waals surface area (Å²) >= 11 is 0. The van der Waals surface area contributed by atoms with Crippen molar-refractivity contribution in [1.82, 2.24) is 9.80 Å². The van der Waals surface area contributed by atoms with Crippen molar-refractivity contribution in [2.45, 2.75) is 40.0 Å². The van der Waals surface area contributed by atoms with Crippen LogP contribution >= 0.6 is 0 Å². The van der Waals surface area contributed by atoms with E-state index in [1.54, 1.807) is 7.11 Å². The Balaban J connectivity index is 1.82. The van der Waals surface area contributed by atoms with Gasteiger partial charge in [-0.3, -0.25) is 0 Å². The Morgan fingerprint density at radius 1 is 1.35 bits per heavy atom. The van der Waals surface area contributed by atoms with Crippen molar-refractivity contribution in [3.05, 3.63) is 29.8 Å². The van der Waals surface area contributed by atoms with Crippen LogP contribution in [0.25, 0.3) is 0 Å². The first kappa shape index (κ1) is 21.2. The quantitative estimate of drug-likeness (QED) is 0.693. The Labute approximate surface area is 160 Å². The summed E-state index contributed by atoms with van der Waals surface area (Å²) in [6.07, 6.45) is 3.70. The Morgan fingerprint density at radius 3 is 2.85 bits per heavy atom. The van der Waals surface area contributed by atoms with Gasteiger partial charge in [-0.05, 0) is 56.0 Å². The molecule has 0 amide bonds. The second kappa shape index (κ2) is 10.3. The van der Waals surface area contributed by atoms with Gasteiger partial charge in [-0.15, -0.1) is 0 Å². The molecule has 1 heterocycles. The van der Waals surface area contributed by atoms with Gasteiger partial charge in [0.1, 0.15) is 5.75 Å². The number of piperidine rings is 1. The van der Waals surface area contributed by atoms with Gasteiger partial charge >= 0.3 is 0 Å². The summed E-state index contributed by atoms with van der Waals surface area (Å²) in [6.45, 7) is 13.5. The van der Waals surface area contributed by atoms with Crippen LogP contribution < -0.4 is 4.74 Å². The van der Waals surface area contributed by atoms with Crippen LogP contribution in [0.5, 0.6) is 5.75 Å². The largest absolute Gasteiger partial charge is 0.497 e. The van der Waals surface area contributed by atoms with E-state index in [9.17, 15) is 5.11 Å². The second-order valence-corrected chi connectivity index (χ2v) is 8.56. The van der Waals surface area contributed by atoms with E-state index in [-0.39, 0.29) is 12.0 Å². The Hall–Kier alpha value is -1.10. The molecule has 1 aliphatic rings. The lowest BCUT2D eigenvalue weighted by Gasteiger charge is -2.37. The zero-order valence-corrected chi connectivity index (χ0v) is 17.2. The topological polar surface area (TPSA) is 35.9 Å². The van der Waals surface area contributed by atoms with Gasteiger partial charge in [-0.1, -0.05) is 32.9 Å². The first-order chi connectivity index (χ1) is 12.5.